The molecule has 0 saturated carbocycles. The third-order valence-electron chi connectivity index (χ3n) is 6.16. The van der Waals surface area contributed by atoms with Crippen molar-refractivity contribution >= 4 is 35.2 Å². The van der Waals surface area contributed by atoms with Crippen LogP contribution in [0.15, 0.2) is 35.3 Å². The summed E-state index contributed by atoms with van der Waals surface area (Å²) >= 11 is 5.74. The number of benzene rings is 1. The number of Topliss-reactive ketones (excluding diaryl/α,β-unsaturated/α-hetero) is 1. The number of hydrogen-bond acceptors (Lipinski definition) is 6. The maximum absolute atomic E-state index is 13.5. The summed E-state index contributed by atoms with van der Waals surface area (Å²) in [6, 6.07) is 8.11. The molecule has 2 aliphatic rings. The van der Waals surface area contributed by atoms with E-state index in [4.69, 9.17) is 28.8 Å². The summed E-state index contributed by atoms with van der Waals surface area (Å²) in [7, 11) is 0. The van der Waals surface area contributed by atoms with Crippen LogP contribution in [-0.4, -0.2) is 76.7 Å². The Morgan fingerprint density at radius 2 is 1.97 bits per heavy atom. The van der Waals surface area contributed by atoms with Gasteiger partial charge in [0.2, 0.25) is 5.91 Å². The number of aliphatic imine (C=N–C) groups is 1. The van der Waals surface area contributed by atoms with Gasteiger partial charge in [-0.3, -0.25) is 24.4 Å². The van der Waals surface area contributed by atoms with Crippen LogP contribution < -0.4 is 22.5 Å². The lowest BCUT2D eigenvalue weighted by Gasteiger charge is -2.44. The number of ketones is 1. The molecule has 3 unspecified atom stereocenters. The molecule has 0 bridgehead atoms. The quantitative estimate of drug-likeness (QED) is 0.153. The molecular weight excluding hydrogens is 446 g/mol. The fraction of sp³-hybridized carbons (Fsp3) is 0.545. The van der Waals surface area contributed by atoms with Crippen molar-refractivity contribution in [3.05, 3.63) is 35.9 Å². The minimum Gasteiger partial charge on any atom is -0.370 e. The largest absolute Gasteiger partial charge is 0.370 e. The molecule has 0 aliphatic carbocycles. The molecule has 1 aromatic carbocycles. The number of rotatable bonds is 10. The Kier molecular flexibility index (Phi) is 8.28. The van der Waals surface area contributed by atoms with Gasteiger partial charge in [-0.15, -0.1) is 11.6 Å². The molecule has 2 saturated heterocycles. The zero-order chi connectivity index (χ0) is 24.0. The predicted molar refractivity (Wildman–Crippen MR) is 126 cm³/mol. The number of alkyl halides is 1. The van der Waals surface area contributed by atoms with Crippen LogP contribution in [0.1, 0.15) is 31.2 Å². The molecule has 0 spiro atoms. The van der Waals surface area contributed by atoms with Gasteiger partial charge in [-0.05, 0) is 37.7 Å². The van der Waals surface area contributed by atoms with Crippen LogP contribution in [-0.2, 0) is 20.8 Å². The van der Waals surface area contributed by atoms with Gasteiger partial charge < -0.3 is 22.5 Å². The maximum Gasteiger partial charge on any atom is 0.258 e. The van der Waals surface area contributed by atoms with Crippen LogP contribution in [0.2, 0.25) is 0 Å². The van der Waals surface area contributed by atoms with Crippen molar-refractivity contribution in [3.63, 3.8) is 0 Å². The average Bonchev–Trinajstić information content (AvgIpc) is 3.23. The van der Waals surface area contributed by atoms with Crippen molar-refractivity contribution in [1.29, 1.82) is 0 Å². The molecular formula is C22H32ClN7O3. The highest BCUT2D eigenvalue weighted by molar-refractivity contribution is 6.28. The molecule has 0 radical (unpaired) electrons. The number of nitrogens with one attached hydrogen (secondary N) is 1. The molecule has 2 fully saturated rings. The molecule has 33 heavy (non-hydrogen) atoms. The average molecular weight is 478 g/mol. The van der Waals surface area contributed by atoms with Gasteiger partial charge >= 0.3 is 0 Å². The Hall–Kier alpha value is -2.69. The van der Waals surface area contributed by atoms with Crippen LogP contribution in [0.3, 0.4) is 0 Å². The van der Waals surface area contributed by atoms with Gasteiger partial charge in [-0.1, -0.05) is 30.3 Å². The van der Waals surface area contributed by atoms with Crippen molar-refractivity contribution in [2.24, 2.45) is 22.2 Å². The van der Waals surface area contributed by atoms with Gasteiger partial charge in [0.15, 0.2) is 11.7 Å². The van der Waals surface area contributed by atoms with Crippen LogP contribution in [0.4, 0.5) is 0 Å². The first kappa shape index (κ1) is 24.9. The molecule has 0 aromatic heterocycles. The SMILES string of the molecule is NC(N)=NCCCC(NC(=O)C1CCN2CCC(N)(Cc3ccccc3)C(=O)N12)C(=O)CCl. The van der Waals surface area contributed by atoms with Crippen LogP contribution in [0.25, 0.3) is 0 Å². The van der Waals surface area contributed by atoms with Gasteiger partial charge in [0, 0.05) is 19.6 Å². The molecule has 1 aromatic rings. The van der Waals surface area contributed by atoms with E-state index in [1.165, 1.54) is 5.01 Å². The second-order valence-electron chi connectivity index (χ2n) is 8.59. The van der Waals surface area contributed by atoms with E-state index in [0.29, 0.717) is 51.7 Å². The lowest BCUT2D eigenvalue weighted by Crippen LogP contribution is -2.67. The van der Waals surface area contributed by atoms with E-state index in [1.807, 2.05) is 35.3 Å². The number of nitrogens with two attached hydrogens (primary N) is 3. The first-order valence-electron chi connectivity index (χ1n) is 11.1. The normalized spacial score (nSPS) is 23.6. The summed E-state index contributed by atoms with van der Waals surface area (Å²) in [6.07, 6.45) is 2.20. The third kappa shape index (κ3) is 6.01. The molecule has 2 amide bonds. The Labute approximate surface area is 198 Å². The Morgan fingerprint density at radius 3 is 2.64 bits per heavy atom. The first-order chi connectivity index (χ1) is 15.7. The maximum atomic E-state index is 13.5. The number of hydrazine groups is 1. The number of hydrogen-bond donors (Lipinski definition) is 4. The highest BCUT2D eigenvalue weighted by atomic mass is 35.5. The highest BCUT2D eigenvalue weighted by Gasteiger charge is 2.51. The van der Waals surface area contributed by atoms with Crippen LogP contribution >= 0.6 is 11.6 Å². The van der Waals surface area contributed by atoms with Crippen LogP contribution in [0, 0.1) is 0 Å². The first-order valence-corrected chi connectivity index (χ1v) is 11.6. The van der Waals surface area contributed by atoms with E-state index in [9.17, 15) is 14.4 Å². The second-order valence-corrected chi connectivity index (χ2v) is 8.85. The van der Waals surface area contributed by atoms with E-state index in [0.717, 1.165) is 5.56 Å². The van der Waals surface area contributed by atoms with Crippen molar-refractivity contribution in [3.8, 4) is 0 Å². The Balaban J connectivity index is 1.69. The fourth-order valence-corrected chi connectivity index (χ4v) is 4.58. The summed E-state index contributed by atoms with van der Waals surface area (Å²) in [4.78, 5) is 42.8. The van der Waals surface area contributed by atoms with Gasteiger partial charge in [-0.2, -0.15) is 0 Å². The van der Waals surface area contributed by atoms with Gasteiger partial charge in [0.25, 0.3) is 5.91 Å². The minimum atomic E-state index is -1.09. The summed E-state index contributed by atoms with van der Waals surface area (Å²) < 4.78 is 0. The fourth-order valence-electron chi connectivity index (χ4n) is 4.40. The minimum absolute atomic E-state index is 0.0327. The van der Waals surface area contributed by atoms with Gasteiger partial charge in [0.1, 0.15) is 11.6 Å². The van der Waals surface area contributed by atoms with Crippen molar-refractivity contribution in [2.75, 3.05) is 25.5 Å². The number of amides is 2. The van der Waals surface area contributed by atoms with E-state index >= 15 is 0 Å². The van der Waals surface area contributed by atoms with Gasteiger partial charge in [-0.25, -0.2) is 5.01 Å². The molecule has 3 atom stereocenters. The summed E-state index contributed by atoms with van der Waals surface area (Å²) in [5.74, 6) is -1.22. The molecule has 11 heteroatoms. The second kappa shape index (κ2) is 11.0. The van der Waals surface area contributed by atoms with E-state index in [-0.39, 0.29) is 29.4 Å². The number of carbonyl (C=O) groups excluding carboxylic acids is 3. The number of nitrogens with zero attached hydrogens (tertiary/aromatic N) is 3. The molecule has 3 rings (SSSR count). The summed E-state index contributed by atoms with van der Waals surface area (Å²) in [5.41, 5.74) is 17.1. The lowest BCUT2D eigenvalue weighted by molar-refractivity contribution is -0.165. The number of halogens is 1. The number of fused-ring (bicyclic) bond motifs is 1. The summed E-state index contributed by atoms with van der Waals surface area (Å²) in [5, 5.41) is 6.15. The Bertz CT molecular complexity index is 893. The number of carbonyl (C=O) groups is 3. The van der Waals surface area contributed by atoms with Crippen LogP contribution in [0.5, 0.6) is 0 Å². The van der Waals surface area contributed by atoms with Crippen molar-refractivity contribution in [1.82, 2.24) is 15.3 Å². The summed E-state index contributed by atoms with van der Waals surface area (Å²) in [6.45, 7) is 1.49. The molecule has 2 heterocycles. The van der Waals surface area contributed by atoms with Crippen molar-refractivity contribution in [2.45, 2.75) is 49.7 Å². The Morgan fingerprint density at radius 1 is 1.24 bits per heavy atom. The lowest BCUT2D eigenvalue weighted by atomic mass is 9.85. The molecule has 2 aliphatic heterocycles. The standard InChI is InChI=1S/C22H32ClN7O3/c23-14-18(31)16(7-4-10-27-21(24)25)28-19(32)17-8-11-29-12-9-22(26,20(33)30(17)29)13-15-5-2-1-3-6-15/h1-3,5-6,16-17H,4,7-14,26H2,(H,28,32)(H4,24,25,27). The zero-order valence-corrected chi connectivity index (χ0v) is 19.3. The van der Waals surface area contributed by atoms with E-state index in [1.54, 1.807) is 0 Å². The smallest absolute Gasteiger partial charge is 0.258 e. The molecule has 180 valence electrons. The third-order valence-corrected chi connectivity index (χ3v) is 6.42. The molecule has 7 N–H and O–H groups in total. The van der Waals surface area contributed by atoms with Crippen molar-refractivity contribution < 1.29 is 14.4 Å². The zero-order valence-electron chi connectivity index (χ0n) is 18.6. The van der Waals surface area contributed by atoms with E-state index in [2.05, 4.69) is 10.3 Å². The predicted octanol–water partition coefficient (Wildman–Crippen LogP) is -0.505. The topological polar surface area (TPSA) is 160 Å². The molecule has 10 nitrogen and oxygen atoms in total. The highest BCUT2D eigenvalue weighted by Crippen LogP contribution is 2.31. The monoisotopic (exact) mass is 477 g/mol. The van der Waals surface area contributed by atoms with E-state index < -0.39 is 17.6 Å². The number of guanidine groups is 1. The van der Waals surface area contributed by atoms with Gasteiger partial charge in [0.05, 0.1) is 11.9 Å².